The molecule has 8 rings (SSSR count). The summed E-state index contributed by atoms with van der Waals surface area (Å²) in [6.45, 7) is 4.88. The van der Waals surface area contributed by atoms with Gasteiger partial charge in [0.25, 0.3) is 0 Å². The molecule has 0 aliphatic carbocycles. The summed E-state index contributed by atoms with van der Waals surface area (Å²) in [7, 11) is 0. The molecule has 2 saturated heterocycles. The maximum absolute atomic E-state index is 6.35. The number of pyridine rings is 2. The van der Waals surface area contributed by atoms with Gasteiger partial charge in [0.15, 0.2) is 11.5 Å². The Hall–Kier alpha value is -4.93. The number of nitrogens with two attached hydrogens (primary N) is 1. The van der Waals surface area contributed by atoms with Gasteiger partial charge in [-0.1, -0.05) is 42.5 Å². The first-order chi connectivity index (χ1) is 22.0. The second-order valence-corrected chi connectivity index (χ2v) is 12.3. The zero-order valence-corrected chi connectivity index (χ0v) is 25.3. The van der Waals surface area contributed by atoms with E-state index < -0.39 is 0 Å². The number of imidazole rings is 1. The van der Waals surface area contributed by atoms with Crippen LogP contribution in [0, 0.1) is 5.41 Å². The molecular weight excluding hydrogens is 584 g/mol. The van der Waals surface area contributed by atoms with E-state index in [-0.39, 0.29) is 10.7 Å². The normalized spacial score (nSPS) is 18.4. The predicted octanol–water partition coefficient (Wildman–Crippen LogP) is 5.67. The monoisotopic (exact) mass is 614 g/mol. The zero-order chi connectivity index (χ0) is 30.4. The zero-order valence-electron chi connectivity index (χ0n) is 24.6. The average Bonchev–Trinajstić information content (AvgIpc) is 3.78. The predicted molar refractivity (Wildman–Crippen MR) is 176 cm³/mol. The van der Waals surface area contributed by atoms with Crippen molar-refractivity contribution < 1.29 is 0 Å². The Morgan fingerprint density at radius 1 is 0.800 bits per heavy atom. The van der Waals surface area contributed by atoms with Crippen LogP contribution in [-0.4, -0.2) is 65.5 Å². The molecule has 0 radical (unpaired) electrons. The maximum atomic E-state index is 6.35. The van der Waals surface area contributed by atoms with Crippen LogP contribution in [0.3, 0.4) is 0 Å². The highest BCUT2D eigenvalue weighted by Gasteiger charge is 2.44. The van der Waals surface area contributed by atoms with Crippen LogP contribution in [-0.2, 0) is 6.54 Å². The summed E-state index contributed by atoms with van der Waals surface area (Å²) in [5, 5.41) is 0.240. The minimum absolute atomic E-state index is 0.240. The third kappa shape index (κ3) is 5.26. The Labute approximate surface area is 265 Å². The number of aromatic nitrogens is 7. The van der Waals surface area contributed by atoms with Crippen LogP contribution < -0.4 is 10.6 Å². The van der Waals surface area contributed by atoms with Crippen LogP contribution in [0.15, 0.2) is 91.4 Å². The van der Waals surface area contributed by atoms with Crippen molar-refractivity contribution in [1.29, 1.82) is 0 Å². The molecule has 224 valence electrons. The molecule has 0 unspecified atom stereocenters. The molecule has 10 nitrogen and oxygen atoms in total. The van der Waals surface area contributed by atoms with Crippen molar-refractivity contribution in [2.75, 3.05) is 36.8 Å². The molecule has 6 heterocycles. The summed E-state index contributed by atoms with van der Waals surface area (Å²) < 4.78 is 2.09. The first-order valence-corrected chi connectivity index (χ1v) is 15.5. The molecule has 1 spiro atoms. The SMILES string of the molecule is Nc1ncccc1-c1nc2ccc(-c3ccccc3)nc2n1-c1ccc(CN2CC[C@@]3(CCN(c4ncnc(Cl)n4)C3)C2)cc1. The van der Waals surface area contributed by atoms with Crippen molar-refractivity contribution in [3.05, 3.63) is 102 Å². The highest BCUT2D eigenvalue weighted by molar-refractivity contribution is 6.28. The topological polar surface area (TPSA) is 115 Å². The molecule has 45 heavy (non-hydrogen) atoms. The quantitative estimate of drug-likeness (QED) is 0.253. The van der Waals surface area contributed by atoms with Crippen LogP contribution in [0.2, 0.25) is 5.28 Å². The summed E-state index contributed by atoms with van der Waals surface area (Å²) in [6.07, 6.45) is 5.46. The van der Waals surface area contributed by atoms with Crippen LogP contribution in [0.25, 0.3) is 39.5 Å². The number of nitrogens with zero attached hydrogens (tertiary/aromatic N) is 9. The van der Waals surface area contributed by atoms with Crippen LogP contribution >= 0.6 is 11.6 Å². The summed E-state index contributed by atoms with van der Waals surface area (Å²) in [5.41, 5.74) is 13.1. The fourth-order valence-corrected chi connectivity index (χ4v) is 6.91. The number of nitrogen functional groups attached to an aromatic ring is 1. The summed E-state index contributed by atoms with van der Waals surface area (Å²) >= 11 is 6.03. The number of fused-ring (bicyclic) bond motifs is 1. The first-order valence-electron chi connectivity index (χ1n) is 15.1. The highest BCUT2D eigenvalue weighted by Crippen LogP contribution is 2.41. The van der Waals surface area contributed by atoms with E-state index in [0.717, 1.165) is 79.2 Å². The van der Waals surface area contributed by atoms with Gasteiger partial charge in [0, 0.05) is 49.0 Å². The second kappa shape index (κ2) is 11.2. The summed E-state index contributed by atoms with van der Waals surface area (Å²) in [4.78, 5) is 31.8. The number of likely N-dealkylation sites (tertiary alicyclic amines) is 1. The Bertz CT molecular complexity index is 1990. The molecule has 6 aromatic rings. The van der Waals surface area contributed by atoms with Gasteiger partial charge in [0.05, 0.1) is 11.3 Å². The van der Waals surface area contributed by atoms with Crippen molar-refractivity contribution in [3.8, 4) is 28.3 Å². The van der Waals surface area contributed by atoms with Crippen LogP contribution in [0.5, 0.6) is 0 Å². The molecule has 2 aliphatic rings. The molecule has 0 bridgehead atoms. The molecular formula is C34H31ClN10. The van der Waals surface area contributed by atoms with E-state index in [1.807, 2.05) is 42.5 Å². The van der Waals surface area contributed by atoms with E-state index in [1.54, 1.807) is 6.20 Å². The van der Waals surface area contributed by atoms with Gasteiger partial charge in [-0.05, 0) is 72.9 Å². The number of benzene rings is 2. The molecule has 0 amide bonds. The van der Waals surface area contributed by atoms with Gasteiger partial charge < -0.3 is 10.6 Å². The molecule has 2 aromatic carbocycles. The van der Waals surface area contributed by atoms with E-state index in [4.69, 9.17) is 27.3 Å². The van der Waals surface area contributed by atoms with Crippen molar-refractivity contribution in [1.82, 2.24) is 39.4 Å². The average molecular weight is 615 g/mol. The number of hydrogen-bond acceptors (Lipinski definition) is 9. The summed E-state index contributed by atoms with van der Waals surface area (Å²) in [5.74, 6) is 1.82. The number of rotatable bonds is 6. The molecule has 2 N–H and O–H groups in total. The second-order valence-electron chi connectivity index (χ2n) is 12.0. The molecule has 0 saturated carbocycles. The van der Waals surface area contributed by atoms with Gasteiger partial charge >= 0.3 is 0 Å². The van der Waals surface area contributed by atoms with Gasteiger partial charge in [-0.25, -0.2) is 24.9 Å². The lowest BCUT2D eigenvalue weighted by Crippen LogP contribution is -2.31. The van der Waals surface area contributed by atoms with Crippen LogP contribution in [0.1, 0.15) is 18.4 Å². The van der Waals surface area contributed by atoms with Gasteiger partial charge in [-0.2, -0.15) is 4.98 Å². The smallest absolute Gasteiger partial charge is 0.229 e. The third-order valence-corrected chi connectivity index (χ3v) is 9.20. The van der Waals surface area contributed by atoms with Crippen LogP contribution in [0.4, 0.5) is 11.8 Å². The lowest BCUT2D eigenvalue weighted by molar-refractivity contribution is 0.270. The van der Waals surface area contributed by atoms with E-state index in [2.05, 4.69) is 70.7 Å². The molecule has 1 atom stereocenters. The van der Waals surface area contributed by atoms with Gasteiger partial charge in [0.2, 0.25) is 11.2 Å². The maximum Gasteiger partial charge on any atom is 0.229 e. The van der Waals surface area contributed by atoms with E-state index >= 15 is 0 Å². The largest absolute Gasteiger partial charge is 0.383 e. The number of halogens is 1. The molecule has 4 aromatic heterocycles. The van der Waals surface area contributed by atoms with E-state index in [0.29, 0.717) is 17.6 Å². The highest BCUT2D eigenvalue weighted by atomic mass is 35.5. The third-order valence-electron chi connectivity index (χ3n) is 9.02. The Morgan fingerprint density at radius 3 is 2.47 bits per heavy atom. The van der Waals surface area contributed by atoms with Gasteiger partial charge in [0.1, 0.15) is 17.7 Å². The van der Waals surface area contributed by atoms with Gasteiger partial charge in [-0.15, -0.1) is 0 Å². The molecule has 2 fully saturated rings. The van der Waals surface area contributed by atoms with E-state index in [9.17, 15) is 0 Å². The minimum Gasteiger partial charge on any atom is -0.383 e. The van der Waals surface area contributed by atoms with Crippen molar-refractivity contribution in [3.63, 3.8) is 0 Å². The fourth-order valence-electron chi connectivity index (χ4n) is 6.79. The lowest BCUT2D eigenvalue weighted by Gasteiger charge is -2.25. The lowest BCUT2D eigenvalue weighted by atomic mass is 9.86. The first kappa shape index (κ1) is 27.6. The number of anilines is 2. The van der Waals surface area contributed by atoms with Crippen molar-refractivity contribution >= 4 is 34.5 Å². The summed E-state index contributed by atoms with van der Waals surface area (Å²) in [6, 6.07) is 26.8. The molecule has 2 aliphatic heterocycles. The molecule has 11 heteroatoms. The Balaban J connectivity index is 1.07. The minimum atomic E-state index is 0.240. The van der Waals surface area contributed by atoms with Crippen molar-refractivity contribution in [2.24, 2.45) is 5.41 Å². The van der Waals surface area contributed by atoms with Gasteiger partial charge in [-0.3, -0.25) is 9.47 Å². The van der Waals surface area contributed by atoms with Crippen molar-refractivity contribution in [2.45, 2.75) is 19.4 Å². The Kier molecular flexibility index (Phi) is 6.88. The fraction of sp³-hybridized carbons (Fsp3) is 0.235. The number of hydrogen-bond donors (Lipinski definition) is 1. The van der Waals surface area contributed by atoms with E-state index in [1.165, 1.54) is 11.9 Å². The standard InChI is InChI=1S/C34H31ClN10/c35-32-38-22-39-33(42-32)44-18-15-34(21-44)14-17-43(20-34)19-23-8-10-25(11-9-23)45-30(26-7-4-16-37-29(26)36)41-28-13-12-27(40-31(28)45)24-5-2-1-3-6-24/h1-13,16,22H,14-15,17-21H2,(H2,36,37)/t34-/m1/s1. The Morgan fingerprint density at radius 2 is 1.64 bits per heavy atom.